The minimum atomic E-state index is 0.0621. The molecule has 0 spiro atoms. The monoisotopic (exact) mass is 390 g/mol. The number of nitrogens with zero attached hydrogens (tertiary/aromatic N) is 3. The van der Waals surface area contributed by atoms with Crippen LogP contribution >= 0.6 is 0 Å². The summed E-state index contributed by atoms with van der Waals surface area (Å²) in [6.07, 6.45) is 11.8. The van der Waals surface area contributed by atoms with Gasteiger partial charge in [-0.15, -0.1) is 0 Å². The summed E-state index contributed by atoms with van der Waals surface area (Å²) in [7, 11) is 1.95. The molecule has 1 aromatic heterocycles. The Morgan fingerprint density at radius 1 is 1.10 bits per heavy atom. The number of nitrogens with one attached hydrogen (secondary N) is 1. The lowest BCUT2D eigenvalue weighted by atomic mass is 9.53. The highest BCUT2D eigenvalue weighted by atomic mass is 16.2. The molecule has 1 aromatic carbocycles. The first kappa shape index (κ1) is 17.5. The summed E-state index contributed by atoms with van der Waals surface area (Å²) < 4.78 is 1.85. The molecule has 5 heteroatoms. The smallest absolute Gasteiger partial charge is 0.318 e. The quantitative estimate of drug-likeness (QED) is 0.841. The second-order valence-corrected chi connectivity index (χ2v) is 10.2. The van der Waals surface area contributed by atoms with Gasteiger partial charge < -0.3 is 10.2 Å². The van der Waals surface area contributed by atoms with Crippen LogP contribution in [0, 0.1) is 17.8 Å². The molecule has 5 nitrogen and oxygen atoms in total. The fourth-order valence-electron chi connectivity index (χ4n) is 7.24. The van der Waals surface area contributed by atoms with Gasteiger partial charge in [-0.05, 0) is 73.0 Å². The zero-order valence-corrected chi connectivity index (χ0v) is 17.2. The van der Waals surface area contributed by atoms with E-state index in [1.54, 1.807) is 0 Å². The topological polar surface area (TPSA) is 50.2 Å². The van der Waals surface area contributed by atoms with Crippen molar-refractivity contribution in [2.45, 2.75) is 56.5 Å². The molecule has 152 valence electrons. The Morgan fingerprint density at radius 3 is 2.45 bits per heavy atom. The Labute approximate surface area is 172 Å². The Bertz CT molecular complexity index is 913. The van der Waals surface area contributed by atoms with Gasteiger partial charge in [0.05, 0.1) is 6.20 Å². The highest BCUT2D eigenvalue weighted by Crippen LogP contribution is 2.55. The first-order chi connectivity index (χ1) is 14.1. The number of amides is 2. The summed E-state index contributed by atoms with van der Waals surface area (Å²) in [4.78, 5) is 15.5. The molecule has 4 aliphatic carbocycles. The molecule has 5 aliphatic rings. The summed E-state index contributed by atoms with van der Waals surface area (Å²) in [6.45, 7) is 1.42. The van der Waals surface area contributed by atoms with Gasteiger partial charge in [-0.3, -0.25) is 4.68 Å². The Kier molecular flexibility index (Phi) is 3.84. The molecule has 2 amide bonds. The molecule has 2 heterocycles. The zero-order valence-electron chi connectivity index (χ0n) is 17.2. The number of fused-ring (bicyclic) bond motifs is 1. The van der Waals surface area contributed by atoms with Gasteiger partial charge in [0.2, 0.25) is 0 Å². The van der Waals surface area contributed by atoms with Crippen LogP contribution in [-0.4, -0.2) is 32.8 Å². The van der Waals surface area contributed by atoms with E-state index in [4.69, 9.17) is 0 Å². The minimum absolute atomic E-state index is 0.0621. The van der Waals surface area contributed by atoms with E-state index in [9.17, 15) is 4.79 Å². The zero-order chi connectivity index (χ0) is 19.6. The lowest BCUT2D eigenvalue weighted by Gasteiger charge is -2.57. The third kappa shape index (κ3) is 2.97. The first-order valence-electron chi connectivity index (χ1n) is 11.2. The number of benzene rings is 1. The number of carbonyl (C=O) groups excluding carboxylic acids is 1. The second-order valence-electron chi connectivity index (χ2n) is 10.2. The van der Waals surface area contributed by atoms with Gasteiger partial charge in [0, 0.05) is 37.8 Å². The molecule has 7 rings (SSSR count). The number of hydrogen-bond donors (Lipinski definition) is 1. The molecular weight excluding hydrogens is 360 g/mol. The number of hydrogen-bond acceptors (Lipinski definition) is 2. The number of aryl methyl sites for hydroxylation is 1. The molecule has 1 unspecified atom stereocenters. The molecule has 4 fully saturated rings. The van der Waals surface area contributed by atoms with Crippen molar-refractivity contribution in [1.82, 2.24) is 20.0 Å². The van der Waals surface area contributed by atoms with Crippen molar-refractivity contribution >= 4 is 6.03 Å². The van der Waals surface area contributed by atoms with E-state index in [0.717, 1.165) is 24.3 Å². The van der Waals surface area contributed by atoms with Crippen molar-refractivity contribution in [3.05, 3.63) is 53.3 Å². The summed E-state index contributed by atoms with van der Waals surface area (Å²) in [6, 6.07) is 8.70. The Hall–Kier alpha value is -2.30. The fraction of sp³-hybridized carbons (Fsp3) is 0.583. The molecule has 0 radical (unpaired) electrons. The first-order valence-corrected chi connectivity index (χ1v) is 11.2. The van der Waals surface area contributed by atoms with Crippen LogP contribution in [0.5, 0.6) is 0 Å². The van der Waals surface area contributed by atoms with E-state index < -0.39 is 0 Å². The van der Waals surface area contributed by atoms with Gasteiger partial charge >= 0.3 is 6.03 Å². The highest BCUT2D eigenvalue weighted by Gasteiger charge is 2.52. The molecule has 1 atom stereocenters. The average Bonchev–Trinajstić information content (AvgIpc) is 3.12. The Balaban J connectivity index is 1.26. The van der Waals surface area contributed by atoms with Crippen molar-refractivity contribution in [3.63, 3.8) is 0 Å². The largest absolute Gasteiger partial charge is 0.333 e. The van der Waals surface area contributed by atoms with Gasteiger partial charge in [-0.2, -0.15) is 5.10 Å². The molecule has 1 aliphatic heterocycles. The van der Waals surface area contributed by atoms with Crippen LogP contribution in [0.25, 0.3) is 0 Å². The van der Waals surface area contributed by atoms with Crippen LogP contribution in [0.2, 0.25) is 0 Å². The van der Waals surface area contributed by atoms with Crippen molar-refractivity contribution < 1.29 is 4.79 Å². The number of carbonyl (C=O) groups is 1. The molecule has 29 heavy (non-hydrogen) atoms. The molecule has 4 bridgehead atoms. The highest BCUT2D eigenvalue weighted by molar-refractivity contribution is 5.76. The van der Waals surface area contributed by atoms with Crippen molar-refractivity contribution in [2.75, 3.05) is 6.54 Å². The van der Waals surface area contributed by atoms with Crippen LogP contribution in [0.3, 0.4) is 0 Å². The van der Waals surface area contributed by atoms with E-state index in [-0.39, 0.29) is 17.5 Å². The van der Waals surface area contributed by atoms with E-state index in [2.05, 4.69) is 40.9 Å². The maximum atomic E-state index is 13.5. The SMILES string of the molecule is Cn1cc(C2CN(C(=O)NC34CC5CC(CC(C5)C3)C4)Cc3ccccc32)cn1. The molecule has 1 N–H and O–H groups in total. The van der Waals surface area contributed by atoms with Crippen LogP contribution in [-0.2, 0) is 13.6 Å². The third-order valence-corrected chi connectivity index (χ3v) is 8.02. The fourth-order valence-corrected chi connectivity index (χ4v) is 7.24. The summed E-state index contributed by atoms with van der Waals surface area (Å²) >= 11 is 0. The standard InChI is InChI=1S/C24H30N4O/c1-27-13-20(12-25-27)22-15-28(14-19-4-2-3-5-21(19)22)23(29)26-24-9-16-6-17(10-24)8-18(7-16)11-24/h2-5,12-13,16-18,22H,6-11,14-15H2,1H3,(H,26,29). The molecule has 2 aromatic rings. The van der Waals surface area contributed by atoms with E-state index in [1.165, 1.54) is 55.2 Å². The van der Waals surface area contributed by atoms with Crippen molar-refractivity contribution in [3.8, 4) is 0 Å². The van der Waals surface area contributed by atoms with Crippen molar-refractivity contribution in [1.29, 1.82) is 0 Å². The molecular formula is C24H30N4O. The maximum absolute atomic E-state index is 13.5. The molecule has 4 saturated carbocycles. The minimum Gasteiger partial charge on any atom is -0.333 e. The summed E-state index contributed by atoms with van der Waals surface area (Å²) in [5, 5.41) is 7.95. The van der Waals surface area contributed by atoms with E-state index in [1.807, 2.05) is 22.8 Å². The normalized spacial score (nSPS) is 34.9. The number of aromatic nitrogens is 2. The third-order valence-electron chi connectivity index (χ3n) is 8.02. The van der Waals surface area contributed by atoms with Gasteiger partial charge in [0.15, 0.2) is 0 Å². The number of urea groups is 1. The summed E-state index contributed by atoms with van der Waals surface area (Å²) in [5.41, 5.74) is 3.84. The van der Waals surface area contributed by atoms with Gasteiger partial charge in [0.1, 0.15) is 0 Å². The van der Waals surface area contributed by atoms with Crippen molar-refractivity contribution in [2.24, 2.45) is 24.8 Å². The Morgan fingerprint density at radius 2 is 1.79 bits per heavy atom. The van der Waals surface area contributed by atoms with Crippen LogP contribution in [0.4, 0.5) is 4.79 Å². The summed E-state index contributed by atoms with van der Waals surface area (Å²) in [5.74, 6) is 2.71. The van der Waals surface area contributed by atoms with E-state index >= 15 is 0 Å². The average molecular weight is 391 g/mol. The van der Waals surface area contributed by atoms with Gasteiger partial charge in [-0.1, -0.05) is 24.3 Å². The van der Waals surface area contributed by atoms with Crippen LogP contribution in [0.1, 0.15) is 61.1 Å². The molecule has 0 saturated heterocycles. The van der Waals surface area contributed by atoms with Gasteiger partial charge in [0.25, 0.3) is 0 Å². The van der Waals surface area contributed by atoms with Gasteiger partial charge in [-0.25, -0.2) is 4.79 Å². The predicted molar refractivity (Wildman–Crippen MR) is 111 cm³/mol. The lowest BCUT2D eigenvalue weighted by Crippen LogP contribution is -2.62. The van der Waals surface area contributed by atoms with E-state index in [0.29, 0.717) is 6.54 Å². The second kappa shape index (κ2) is 6.35. The predicted octanol–water partition coefficient (Wildman–Crippen LogP) is 4.05. The van der Waals surface area contributed by atoms with Crippen LogP contribution in [0.15, 0.2) is 36.7 Å². The number of rotatable bonds is 2. The van der Waals surface area contributed by atoms with Crippen LogP contribution < -0.4 is 5.32 Å². The lowest BCUT2D eigenvalue weighted by molar-refractivity contribution is -0.0159. The maximum Gasteiger partial charge on any atom is 0.318 e.